The van der Waals surface area contributed by atoms with Gasteiger partial charge in [-0.1, -0.05) is 0 Å². The van der Waals surface area contributed by atoms with Gasteiger partial charge in [0.1, 0.15) is 11.6 Å². The lowest BCUT2D eigenvalue weighted by Gasteiger charge is -2.31. The average molecular weight is 223 g/mol. The Morgan fingerprint density at radius 2 is 2.19 bits per heavy atom. The van der Waals surface area contributed by atoms with Crippen molar-refractivity contribution >= 4 is 5.82 Å². The van der Waals surface area contributed by atoms with Gasteiger partial charge in [0, 0.05) is 26.3 Å². The van der Waals surface area contributed by atoms with Gasteiger partial charge in [-0.3, -0.25) is 4.79 Å². The first-order valence-corrected chi connectivity index (χ1v) is 5.55. The van der Waals surface area contributed by atoms with Crippen LogP contribution < -0.4 is 10.5 Å². The second-order valence-electron chi connectivity index (χ2n) is 4.11. The zero-order valence-electron chi connectivity index (χ0n) is 9.69. The summed E-state index contributed by atoms with van der Waals surface area (Å²) in [4.78, 5) is 20.5. The smallest absolute Gasteiger partial charge is 0.252 e. The van der Waals surface area contributed by atoms with Crippen LogP contribution in [0.5, 0.6) is 0 Å². The van der Waals surface area contributed by atoms with Crippen molar-refractivity contribution in [3.63, 3.8) is 0 Å². The third-order valence-corrected chi connectivity index (χ3v) is 2.95. The highest BCUT2D eigenvalue weighted by atomic mass is 16.5. The van der Waals surface area contributed by atoms with Gasteiger partial charge in [-0.2, -0.15) is 0 Å². The summed E-state index contributed by atoms with van der Waals surface area (Å²) in [6.45, 7) is 3.59. The molecule has 0 aliphatic carbocycles. The number of hydrogen-bond donors (Lipinski definition) is 1. The maximum absolute atomic E-state index is 11.3. The van der Waals surface area contributed by atoms with E-state index in [1.165, 1.54) is 0 Å². The zero-order chi connectivity index (χ0) is 11.5. The van der Waals surface area contributed by atoms with E-state index in [4.69, 9.17) is 4.74 Å². The van der Waals surface area contributed by atoms with Gasteiger partial charge in [-0.25, -0.2) is 4.98 Å². The van der Waals surface area contributed by atoms with Crippen molar-refractivity contribution in [2.24, 2.45) is 0 Å². The molecule has 0 amide bonds. The van der Waals surface area contributed by atoms with Crippen LogP contribution in [0.1, 0.15) is 18.7 Å². The number of H-pyrrole nitrogens is 1. The maximum Gasteiger partial charge on any atom is 0.252 e. The highest BCUT2D eigenvalue weighted by Crippen LogP contribution is 2.17. The second kappa shape index (κ2) is 4.65. The molecule has 0 atom stereocenters. The summed E-state index contributed by atoms with van der Waals surface area (Å²) < 4.78 is 5.31. The predicted molar refractivity (Wildman–Crippen MR) is 61.8 cm³/mol. The third-order valence-electron chi connectivity index (χ3n) is 2.95. The van der Waals surface area contributed by atoms with Crippen molar-refractivity contribution in [2.75, 3.05) is 25.1 Å². The maximum atomic E-state index is 11.3. The molecule has 0 spiro atoms. The quantitative estimate of drug-likeness (QED) is 0.801. The number of aryl methyl sites for hydroxylation is 1. The lowest BCUT2D eigenvalue weighted by molar-refractivity contribution is 0.0818. The van der Waals surface area contributed by atoms with Crippen molar-refractivity contribution in [3.8, 4) is 0 Å². The molecule has 2 heterocycles. The first-order valence-electron chi connectivity index (χ1n) is 5.55. The fourth-order valence-electron chi connectivity index (χ4n) is 2.05. The molecule has 88 valence electrons. The van der Waals surface area contributed by atoms with Gasteiger partial charge in [-0.05, 0) is 19.8 Å². The molecule has 1 aliphatic rings. The molecule has 0 unspecified atom stereocenters. The summed E-state index contributed by atoms with van der Waals surface area (Å²) in [5.41, 5.74) is -0.0867. The number of nitrogens with zero attached hydrogens (tertiary/aromatic N) is 2. The van der Waals surface area contributed by atoms with Crippen molar-refractivity contribution in [1.82, 2.24) is 9.97 Å². The van der Waals surface area contributed by atoms with Crippen molar-refractivity contribution < 1.29 is 4.74 Å². The Labute approximate surface area is 94.5 Å². The number of hydrogen-bond acceptors (Lipinski definition) is 4. The van der Waals surface area contributed by atoms with Crippen LogP contribution in [0.4, 0.5) is 5.82 Å². The molecule has 5 heteroatoms. The van der Waals surface area contributed by atoms with Gasteiger partial charge in [0.25, 0.3) is 5.56 Å². The largest absolute Gasteiger partial charge is 0.381 e. The summed E-state index contributed by atoms with van der Waals surface area (Å²) >= 11 is 0. The lowest BCUT2D eigenvalue weighted by atomic mass is 10.1. The predicted octanol–water partition coefficient (Wildman–Crippen LogP) is 0.694. The molecule has 16 heavy (non-hydrogen) atoms. The Bertz CT molecular complexity index is 408. The Morgan fingerprint density at radius 3 is 2.75 bits per heavy atom. The van der Waals surface area contributed by atoms with Crippen molar-refractivity contribution in [1.29, 1.82) is 0 Å². The van der Waals surface area contributed by atoms with Crippen molar-refractivity contribution in [2.45, 2.75) is 25.9 Å². The lowest BCUT2D eigenvalue weighted by Crippen LogP contribution is -2.37. The highest BCUT2D eigenvalue weighted by molar-refractivity contribution is 5.37. The van der Waals surface area contributed by atoms with Crippen LogP contribution in [0.25, 0.3) is 0 Å². The monoisotopic (exact) mass is 223 g/mol. The standard InChI is InChI=1S/C11H17N3O2/c1-8-12-10(7-11(15)13-8)14-5-3-9(16-2)4-6-14/h7,9H,3-6H2,1-2H3,(H,12,13,15). The zero-order valence-corrected chi connectivity index (χ0v) is 9.69. The number of aromatic nitrogens is 2. The van der Waals surface area contributed by atoms with E-state index in [2.05, 4.69) is 14.9 Å². The van der Waals surface area contributed by atoms with E-state index in [0.717, 1.165) is 31.7 Å². The van der Waals surface area contributed by atoms with E-state index in [1.54, 1.807) is 20.1 Å². The van der Waals surface area contributed by atoms with Crippen LogP contribution in [-0.4, -0.2) is 36.3 Å². The van der Waals surface area contributed by atoms with Crippen LogP contribution in [0.2, 0.25) is 0 Å². The number of ether oxygens (including phenoxy) is 1. The molecule has 2 rings (SSSR count). The number of piperidine rings is 1. The topological polar surface area (TPSA) is 58.2 Å². The normalized spacial score (nSPS) is 17.8. The van der Waals surface area contributed by atoms with Crippen molar-refractivity contribution in [3.05, 3.63) is 22.2 Å². The summed E-state index contributed by atoms with van der Waals surface area (Å²) in [5.74, 6) is 1.44. The molecular formula is C11H17N3O2. The number of anilines is 1. The van der Waals surface area contributed by atoms with Gasteiger partial charge in [0.05, 0.1) is 6.10 Å². The summed E-state index contributed by atoms with van der Waals surface area (Å²) in [6.07, 6.45) is 2.33. The van der Waals surface area contributed by atoms with E-state index < -0.39 is 0 Å². The molecular weight excluding hydrogens is 206 g/mol. The van der Waals surface area contributed by atoms with Gasteiger partial charge >= 0.3 is 0 Å². The molecule has 0 radical (unpaired) electrons. The van der Waals surface area contributed by atoms with E-state index in [0.29, 0.717) is 11.9 Å². The van der Waals surface area contributed by atoms with Crippen LogP contribution in [0.15, 0.2) is 10.9 Å². The Balaban J connectivity index is 2.11. The molecule has 5 nitrogen and oxygen atoms in total. The third kappa shape index (κ3) is 2.41. The molecule has 1 N–H and O–H groups in total. The first-order chi connectivity index (χ1) is 7.69. The second-order valence-corrected chi connectivity index (χ2v) is 4.11. The number of rotatable bonds is 2. The minimum Gasteiger partial charge on any atom is -0.381 e. The molecule has 1 aliphatic heterocycles. The highest BCUT2D eigenvalue weighted by Gasteiger charge is 2.19. The molecule has 1 saturated heterocycles. The van der Waals surface area contributed by atoms with Gasteiger partial charge < -0.3 is 14.6 Å². The van der Waals surface area contributed by atoms with Crippen LogP contribution >= 0.6 is 0 Å². The minimum atomic E-state index is -0.0867. The Hall–Kier alpha value is -1.36. The minimum absolute atomic E-state index is 0.0867. The van der Waals surface area contributed by atoms with Gasteiger partial charge in [0.2, 0.25) is 0 Å². The first kappa shape index (κ1) is 11.1. The summed E-state index contributed by atoms with van der Waals surface area (Å²) in [7, 11) is 1.75. The number of nitrogens with one attached hydrogen (secondary N) is 1. The average Bonchev–Trinajstić information content (AvgIpc) is 2.28. The fraction of sp³-hybridized carbons (Fsp3) is 0.636. The molecule has 0 bridgehead atoms. The fourth-order valence-corrected chi connectivity index (χ4v) is 2.05. The number of aromatic amines is 1. The van der Waals surface area contributed by atoms with Crippen LogP contribution in [0, 0.1) is 6.92 Å². The van der Waals surface area contributed by atoms with Gasteiger partial charge in [-0.15, -0.1) is 0 Å². The van der Waals surface area contributed by atoms with E-state index in [1.807, 2.05) is 0 Å². The van der Waals surface area contributed by atoms with E-state index in [-0.39, 0.29) is 5.56 Å². The Kier molecular flexibility index (Phi) is 3.24. The van der Waals surface area contributed by atoms with E-state index in [9.17, 15) is 4.79 Å². The van der Waals surface area contributed by atoms with Gasteiger partial charge in [0.15, 0.2) is 0 Å². The molecule has 1 aromatic heterocycles. The van der Waals surface area contributed by atoms with E-state index >= 15 is 0 Å². The molecule has 0 aromatic carbocycles. The molecule has 0 saturated carbocycles. The molecule has 1 fully saturated rings. The van der Waals surface area contributed by atoms with Crippen LogP contribution in [-0.2, 0) is 4.74 Å². The summed E-state index contributed by atoms with van der Waals surface area (Å²) in [6, 6.07) is 1.56. The molecule has 1 aromatic rings. The Morgan fingerprint density at radius 1 is 1.50 bits per heavy atom. The summed E-state index contributed by atoms with van der Waals surface area (Å²) in [5, 5.41) is 0. The SMILES string of the molecule is COC1CCN(c2cc(=O)[nH]c(C)n2)CC1. The number of methoxy groups -OCH3 is 1. The van der Waals surface area contributed by atoms with Crippen LogP contribution in [0.3, 0.4) is 0 Å².